The highest BCUT2D eigenvalue weighted by Gasteiger charge is 2.66. The first-order valence-corrected chi connectivity index (χ1v) is 8.07. The fourth-order valence-corrected chi connectivity index (χ4v) is 5.71. The van der Waals surface area contributed by atoms with Crippen molar-refractivity contribution in [2.45, 2.75) is 81.1 Å². The van der Waals surface area contributed by atoms with E-state index in [1.165, 1.54) is 25.7 Å². The SMILES string of the molecule is CCC1(C)CC2CC(C1(C)C)C(C)(CC)C2(C)C. The Bertz CT molecular complexity index is 338. The van der Waals surface area contributed by atoms with Gasteiger partial charge in [0.15, 0.2) is 0 Å². The van der Waals surface area contributed by atoms with Gasteiger partial charge in [0.25, 0.3) is 0 Å². The zero-order valence-corrected chi connectivity index (χ0v) is 14.0. The van der Waals surface area contributed by atoms with Crippen molar-refractivity contribution in [3.63, 3.8) is 0 Å². The predicted octanol–water partition coefficient (Wildman–Crippen LogP) is 5.91. The minimum Gasteiger partial charge on any atom is -0.0648 e. The van der Waals surface area contributed by atoms with E-state index in [2.05, 4.69) is 55.4 Å². The van der Waals surface area contributed by atoms with Crippen LogP contribution in [-0.4, -0.2) is 0 Å². The topological polar surface area (TPSA) is 0 Å². The van der Waals surface area contributed by atoms with Crippen LogP contribution in [0, 0.1) is 33.5 Å². The molecule has 2 aliphatic rings. The summed E-state index contributed by atoms with van der Waals surface area (Å²) in [6, 6.07) is 0. The van der Waals surface area contributed by atoms with Gasteiger partial charge in [-0.05, 0) is 52.8 Å². The second kappa shape index (κ2) is 3.76. The summed E-state index contributed by atoms with van der Waals surface area (Å²) < 4.78 is 0. The van der Waals surface area contributed by atoms with Gasteiger partial charge in [-0.3, -0.25) is 0 Å². The Balaban J connectivity index is 2.54. The molecule has 0 spiro atoms. The molecule has 0 aromatic carbocycles. The van der Waals surface area contributed by atoms with Crippen molar-refractivity contribution in [3.05, 3.63) is 0 Å². The zero-order chi connectivity index (χ0) is 14.0. The smallest absolute Gasteiger partial charge is 0.0241 e. The lowest BCUT2D eigenvalue weighted by molar-refractivity contribution is -0.0570. The lowest BCUT2D eigenvalue weighted by Gasteiger charge is -2.54. The quantitative estimate of drug-likeness (QED) is 0.571. The molecule has 0 amide bonds. The van der Waals surface area contributed by atoms with Gasteiger partial charge in [-0.1, -0.05) is 61.8 Å². The van der Waals surface area contributed by atoms with Gasteiger partial charge in [0.05, 0.1) is 0 Å². The van der Waals surface area contributed by atoms with E-state index in [1.54, 1.807) is 0 Å². The highest BCUT2D eigenvalue weighted by atomic mass is 14.7. The van der Waals surface area contributed by atoms with Gasteiger partial charge in [0.2, 0.25) is 0 Å². The fourth-order valence-electron chi connectivity index (χ4n) is 5.71. The lowest BCUT2D eigenvalue weighted by Crippen LogP contribution is -2.47. The van der Waals surface area contributed by atoms with E-state index in [0.717, 1.165) is 11.8 Å². The van der Waals surface area contributed by atoms with E-state index in [4.69, 9.17) is 0 Å². The summed E-state index contributed by atoms with van der Waals surface area (Å²) in [5.41, 5.74) is 2.05. The molecule has 4 unspecified atom stereocenters. The van der Waals surface area contributed by atoms with Gasteiger partial charge in [-0.15, -0.1) is 0 Å². The summed E-state index contributed by atoms with van der Waals surface area (Å²) >= 11 is 0. The normalized spacial score (nSPS) is 49.3. The van der Waals surface area contributed by atoms with E-state index < -0.39 is 0 Å². The second-order valence-electron chi connectivity index (χ2n) is 8.82. The van der Waals surface area contributed by atoms with E-state index in [-0.39, 0.29) is 0 Å². The van der Waals surface area contributed by atoms with Crippen LogP contribution in [0.3, 0.4) is 0 Å². The van der Waals surface area contributed by atoms with Crippen molar-refractivity contribution >= 4 is 0 Å². The van der Waals surface area contributed by atoms with Gasteiger partial charge in [-0.2, -0.15) is 0 Å². The molecule has 0 nitrogen and oxygen atoms in total. The molecular weight excluding hydrogens is 216 g/mol. The molecule has 2 fully saturated rings. The Hall–Kier alpha value is 0. The molecule has 0 N–H and O–H groups in total. The molecule has 0 aliphatic heterocycles. The first kappa shape index (κ1) is 14.4. The Morgan fingerprint density at radius 2 is 1.39 bits per heavy atom. The summed E-state index contributed by atoms with van der Waals surface area (Å²) in [5, 5.41) is 0. The molecule has 0 radical (unpaired) electrons. The van der Waals surface area contributed by atoms with E-state index >= 15 is 0 Å². The summed E-state index contributed by atoms with van der Waals surface area (Å²) in [5.74, 6) is 1.83. The van der Waals surface area contributed by atoms with Crippen molar-refractivity contribution in [3.8, 4) is 0 Å². The maximum atomic E-state index is 2.58. The molecule has 0 heterocycles. The third-order valence-corrected chi connectivity index (χ3v) is 8.42. The van der Waals surface area contributed by atoms with Crippen molar-refractivity contribution in [1.82, 2.24) is 0 Å². The Morgan fingerprint density at radius 1 is 0.833 bits per heavy atom. The second-order valence-corrected chi connectivity index (χ2v) is 8.82. The van der Waals surface area contributed by atoms with Crippen LogP contribution >= 0.6 is 0 Å². The maximum absolute atomic E-state index is 2.58. The third-order valence-electron chi connectivity index (χ3n) is 8.42. The molecule has 0 aromatic heterocycles. The number of rotatable bonds is 2. The van der Waals surface area contributed by atoms with Crippen LogP contribution < -0.4 is 0 Å². The standard InChI is InChI=1S/C18H34/c1-9-17(7)12-13-11-14(16(17,5)6)18(8,10-2)15(13,3)4/h13-14H,9-12H2,1-8H3. The molecule has 4 atom stereocenters. The highest BCUT2D eigenvalue weighted by Crippen LogP contribution is 2.74. The number of hydrogen-bond donors (Lipinski definition) is 0. The molecular formula is C18H34. The van der Waals surface area contributed by atoms with Crippen molar-refractivity contribution in [2.24, 2.45) is 33.5 Å². The van der Waals surface area contributed by atoms with Gasteiger partial charge in [0, 0.05) is 0 Å². The highest BCUT2D eigenvalue weighted by molar-refractivity contribution is 5.15. The van der Waals surface area contributed by atoms with Gasteiger partial charge < -0.3 is 0 Å². The van der Waals surface area contributed by atoms with Gasteiger partial charge in [0.1, 0.15) is 0 Å². The van der Waals surface area contributed by atoms with Gasteiger partial charge >= 0.3 is 0 Å². The maximum Gasteiger partial charge on any atom is -0.0241 e. The fraction of sp³-hybridized carbons (Fsp3) is 1.00. The first-order chi connectivity index (χ1) is 8.07. The van der Waals surface area contributed by atoms with E-state index in [1.807, 2.05) is 0 Å². The Morgan fingerprint density at radius 3 is 1.83 bits per heavy atom. The summed E-state index contributed by atoms with van der Waals surface area (Å²) in [4.78, 5) is 0. The minimum absolute atomic E-state index is 0.483. The van der Waals surface area contributed by atoms with Crippen molar-refractivity contribution in [2.75, 3.05) is 0 Å². The van der Waals surface area contributed by atoms with E-state index in [9.17, 15) is 0 Å². The molecule has 0 heteroatoms. The van der Waals surface area contributed by atoms with Crippen LogP contribution in [0.25, 0.3) is 0 Å². The summed E-state index contributed by atoms with van der Waals surface area (Å²) in [7, 11) is 0. The van der Waals surface area contributed by atoms with Crippen LogP contribution in [-0.2, 0) is 0 Å². The van der Waals surface area contributed by atoms with Crippen molar-refractivity contribution < 1.29 is 0 Å². The monoisotopic (exact) mass is 250 g/mol. The molecule has 0 saturated heterocycles. The Kier molecular flexibility index (Phi) is 3.01. The van der Waals surface area contributed by atoms with Crippen LogP contribution in [0.1, 0.15) is 81.1 Å². The lowest BCUT2D eigenvalue weighted by atomic mass is 9.50. The third kappa shape index (κ3) is 1.38. The molecule has 106 valence electrons. The minimum atomic E-state index is 0.483. The number of fused-ring (bicyclic) bond motifs is 2. The Labute approximate surface area is 115 Å². The molecule has 2 aliphatic carbocycles. The number of hydrogen-bond acceptors (Lipinski definition) is 0. The first-order valence-electron chi connectivity index (χ1n) is 8.07. The van der Waals surface area contributed by atoms with Crippen LogP contribution in [0.15, 0.2) is 0 Å². The summed E-state index contributed by atoms with van der Waals surface area (Å²) in [6.07, 6.45) is 5.59. The van der Waals surface area contributed by atoms with Crippen LogP contribution in [0.4, 0.5) is 0 Å². The largest absolute Gasteiger partial charge is 0.0648 e. The van der Waals surface area contributed by atoms with Crippen molar-refractivity contribution in [1.29, 1.82) is 0 Å². The zero-order valence-electron chi connectivity index (χ0n) is 14.0. The average Bonchev–Trinajstić information content (AvgIpc) is 2.47. The molecule has 2 rings (SSSR count). The average molecular weight is 250 g/mol. The molecule has 2 bridgehead atoms. The van der Waals surface area contributed by atoms with E-state index in [0.29, 0.717) is 21.7 Å². The summed E-state index contributed by atoms with van der Waals surface area (Å²) in [6.45, 7) is 20.2. The van der Waals surface area contributed by atoms with Gasteiger partial charge in [-0.25, -0.2) is 0 Å². The predicted molar refractivity (Wildman–Crippen MR) is 80.6 cm³/mol. The van der Waals surface area contributed by atoms with Crippen LogP contribution in [0.5, 0.6) is 0 Å². The van der Waals surface area contributed by atoms with Crippen LogP contribution in [0.2, 0.25) is 0 Å². The molecule has 0 aromatic rings. The molecule has 2 saturated carbocycles. The molecule has 18 heavy (non-hydrogen) atoms.